The van der Waals surface area contributed by atoms with Crippen molar-refractivity contribution in [3.8, 4) is 5.75 Å². The molecule has 1 amide bonds. The van der Waals surface area contributed by atoms with Gasteiger partial charge in [0.05, 0.1) is 23.3 Å². The van der Waals surface area contributed by atoms with Crippen LogP contribution in [0.15, 0.2) is 86.9 Å². The first-order valence-electron chi connectivity index (χ1n) is 12.1. The molecule has 0 spiro atoms. The second kappa shape index (κ2) is 11.7. The van der Waals surface area contributed by atoms with Gasteiger partial charge in [-0.15, -0.1) is 0 Å². The van der Waals surface area contributed by atoms with Crippen molar-refractivity contribution in [2.24, 2.45) is 5.92 Å². The van der Waals surface area contributed by atoms with Crippen molar-refractivity contribution in [3.05, 3.63) is 78.8 Å². The number of nitrogens with two attached hydrogens (primary N) is 1. The number of benzene rings is 2. The first-order chi connectivity index (χ1) is 18.1. The number of anilines is 1. The number of furan rings is 2. The van der Waals surface area contributed by atoms with Crippen LogP contribution in [0.4, 0.5) is 10.5 Å². The third-order valence-electron chi connectivity index (χ3n) is 5.91. The van der Waals surface area contributed by atoms with Crippen LogP contribution in [-0.2, 0) is 16.4 Å². The SMILES string of the molecule is CC(C)CN(C[C@@H](O)[C@H](Cc1ccccc1)NC(=O)Oc1coc2occc12)S(=O)(=O)c1ccc(N)cc1. The molecule has 0 unspecified atom stereocenters. The van der Waals surface area contributed by atoms with Gasteiger partial charge in [0, 0.05) is 18.8 Å². The van der Waals surface area contributed by atoms with Crippen molar-refractivity contribution >= 4 is 33.0 Å². The van der Waals surface area contributed by atoms with E-state index in [1.807, 2.05) is 44.2 Å². The highest BCUT2D eigenvalue weighted by Crippen LogP contribution is 2.29. The number of hydrogen-bond acceptors (Lipinski definition) is 8. The van der Waals surface area contributed by atoms with E-state index >= 15 is 0 Å². The minimum atomic E-state index is -3.95. The number of sulfonamides is 1. The summed E-state index contributed by atoms with van der Waals surface area (Å²) in [6, 6.07) is 15.9. The number of aliphatic hydroxyl groups is 1. The number of nitrogens with zero attached hydrogens (tertiary/aromatic N) is 1. The fourth-order valence-electron chi connectivity index (χ4n) is 4.05. The van der Waals surface area contributed by atoms with E-state index in [9.17, 15) is 18.3 Å². The number of nitrogens with one attached hydrogen (secondary N) is 1. The molecule has 11 heteroatoms. The molecule has 202 valence electrons. The monoisotopic (exact) mass is 541 g/mol. The van der Waals surface area contributed by atoms with Gasteiger partial charge in [0.25, 0.3) is 0 Å². The molecule has 2 aromatic heterocycles. The number of carbonyl (C=O) groups excluding carboxylic acids is 1. The highest BCUT2D eigenvalue weighted by atomic mass is 32.2. The third-order valence-corrected chi connectivity index (χ3v) is 7.76. The summed E-state index contributed by atoms with van der Waals surface area (Å²) in [5.74, 6) is 0.354. The first kappa shape index (κ1) is 27.2. The van der Waals surface area contributed by atoms with Crippen molar-refractivity contribution < 1.29 is 31.9 Å². The predicted molar refractivity (Wildman–Crippen MR) is 142 cm³/mol. The fraction of sp³-hybridized carbons (Fsp3) is 0.296. The van der Waals surface area contributed by atoms with E-state index in [4.69, 9.17) is 19.3 Å². The van der Waals surface area contributed by atoms with Crippen molar-refractivity contribution in [1.82, 2.24) is 9.62 Å². The Morgan fingerprint density at radius 3 is 2.45 bits per heavy atom. The number of aliphatic hydroxyl groups excluding tert-OH is 1. The predicted octanol–water partition coefficient (Wildman–Crippen LogP) is 4.02. The zero-order valence-corrected chi connectivity index (χ0v) is 21.9. The van der Waals surface area contributed by atoms with Crippen LogP contribution in [0, 0.1) is 5.92 Å². The molecular formula is C27H31N3O7S. The van der Waals surface area contributed by atoms with E-state index in [1.165, 1.54) is 41.1 Å². The molecule has 0 fully saturated rings. The molecule has 4 N–H and O–H groups in total. The highest BCUT2D eigenvalue weighted by molar-refractivity contribution is 7.89. The molecular weight excluding hydrogens is 510 g/mol. The van der Waals surface area contributed by atoms with E-state index in [1.54, 1.807) is 6.07 Å². The second-order valence-corrected chi connectivity index (χ2v) is 11.3. The van der Waals surface area contributed by atoms with E-state index in [0.717, 1.165) is 5.56 Å². The summed E-state index contributed by atoms with van der Waals surface area (Å²) < 4.78 is 43.9. The first-order valence-corrected chi connectivity index (χ1v) is 13.6. The summed E-state index contributed by atoms with van der Waals surface area (Å²) in [4.78, 5) is 12.9. The van der Waals surface area contributed by atoms with Crippen molar-refractivity contribution in [2.75, 3.05) is 18.8 Å². The number of carbonyl (C=O) groups is 1. The Balaban J connectivity index is 1.55. The molecule has 0 saturated heterocycles. The zero-order chi connectivity index (χ0) is 27.3. The maximum atomic E-state index is 13.5. The molecule has 0 bridgehead atoms. The molecule has 10 nitrogen and oxygen atoms in total. The van der Waals surface area contributed by atoms with Gasteiger partial charge in [-0.1, -0.05) is 44.2 Å². The van der Waals surface area contributed by atoms with Gasteiger partial charge in [-0.05, 0) is 48.2 Å². The molecule has 0 saturated carbocycles. The van der Waals surface area contributed by atoms with Gasteiger partial charge < -0.3 is 29.7 Å². The fourth-order valence-corrected chi connectivity index (χ4v) is 5.68. The molecule has 4 rings (SSSR count). The standard InChI is InChI=1S/C27H31N3O7S/c1-18(2)15-30(38(33,34)21-10-8-20(28)9-11-21)16-24(31)23(14-19-6-4-3-5-7-19)29-27(32)37-25-17-36-26-22(25)12-13-35-26/h3-13,17-18,23-24,31H,14-16,28H2,1-2H3,(H,29,32)/t23-,24+/m0/s1. The Hall–Kier alpha value is -3.80. The van der Waals surface area contributed by atoms with Crippen LogP contribution < -0.4 is 15.8 Å². The summed E-state index contributed by atoms with van der Waals surface area (Å²) in [6.07, 6.45) is 0.807. The Bertz CT molecular complexity index is 1450. The highest BCUT2D eigenvalue weighted by Gasteiger charge is 2.32. The van der Waals surface area contributed by atoms with Gasteiger partial charge in [-0.3, -0.25) is 0 Å². The quantitative estimate of drug-likeness (QED) is 0.241. The van der Waals surface area contributed by atoms with Crippen LogP contribution in [0.5, 0.6) is 5.75 Å². The van der Waals surface area contributed by atoms with Crippen molar-refractivity contribution in [3.63, 3.8) is 0 Å². The van der Waals surface area contributed by atoms with E-state index in [2.05, 4.69) is 5.32 Å². The van der Waals surface area contributed by atoms with Gasteiger partial charge >= 0.3 is 11.9 Å². The summed E-state index contributed by atoms with van der Waals surface area (Å²) in [5, 5.41) is 14.5. The smallest absolute Gasteiger partial charge is 0.413 e. The minimum Gasteiger partial charge on any atom is -0.433 e. The largest absolute Gasteiger partial charge is 0.433 e. The van der Waals surface area contributed by atoms with Crippen LogP contribution in [0.2, 0.25) is 0 Å². The summed E-state index contributed by atoms with van der Waals surface area (Å²) >= 11 is 0. The van der Waals surface area contributed by atoms with E-state index in [0.29, 0.717) is 11.1 Å². The Labute approximate surface area is 221 Å². The summed E-state index contributed by atoms with van der Waals surface area (Å²) in [6.45, 7) is 3.69. The maximum Gasteiger partial charge on any atom is 0.413 e. The normalized spacial score (nSPS) is 13.6. The molecule has 0 radical (unpaired) electrons. The van der Waals surface area contributed by atoms with E-state index in [-0.39, 0.29) is 41.9 Å². The van der Waals surface area contributed by atoms with E-state index < -0.39 is 28.3 Å². The van der Waals surface area contributed by atoms with Gasteiger partial charge in [0.1, 0.15) is 11.6 Å². The molecule has 38 heavy (non-hydrogen) atoms. The van der Waals surface area contributed by atoms with Gasteiger partial charge in [0.15, 0.2) is 5.75 Å². The molecule has 2 atom stereocenters. The molecule has 0 aliphatic rings. The summed E-state index contributed by atoms with van der Waals surface area (Å²) in [5.41, 5.74) is 7.01. The number of amides is 1. The lowest BCUT2D eigenvalue weighted by Gasteiger charge is -2.30. The lowest BCUT2D eigenvalue weighted by molar-refractivity contribution is 0.0992. The summed E-state index contributed by atoms with van der Waals surface area (Å²) in [7, 11) is -3.95. The van der Waals surface area contributed by atoms with Crippen molar-refractivity contribution in [2.45, 2.75) is 37.3 Å². The lowest BCUT2D eigenvalue weighted by Crippen LogP contribution is -2.51. The molecule has 2 aromatic carbocycles. The van der Waals surface area contributed by atoms with Gasteiger partial charge in [-0.2, -0.15) is 4.31 Å². The molecule has 4 aromatic rings. The second-order valence-electron chi connectivity index (χ2n) is 9.40. The zero-order valence-electron chi connectivity index (χ0n) is 21.1. The Morgan fingerprint density at radius 2 is 1.76 bits per heavy atom. The topological polar surface area (TPSA) is 148 Å². The van der Waals surface area contributed by atoms with Gasteiger partial charge in [0.2, 0.25) is 10.0 Å². The molecule has 0 aliphatic carbocycles. The Morgan fingerprint density at radius 1 is 1.05 bits per heavy atom. The number of rotatable bonds is 11. The average molecular weight is 542 g/mol. The average Bonchev–Trinajstić information content (AvgIpc) is 3.49. The maximum absolute atomic E-state index is 13.5. The molecule has 0 aliphatic heterocycles. The van der Waals surface area contributed by atoms with Crippen molar-refractivity contribution in [1.29, 1.82) is 0 Å². The number of hydrogen-bond donors (Lipinski definition) is 3. The number of ether oxygens (including phenoxy) is 1. The van der Waals surface area contributed by atoms with Crippen LogP contribution in [0.1, 0.15) is 19.4 Å². The lowest BCUT2D eigenvalue weighted by atomic mass is 10.0. The van der Waals surface area contributed by atoms with Crippen LogP contribution in [-0.4, -0.2) is 49.2 Å². The van der Waals surface area contributed by atoms with Crippen LogP contribution in [0.3, 0.4) is 0 Å². The van der Waals surface area contributed by atoms with Crippen LogP contribution in [0.25, 0.3) is 11.2 Å². The number of nitrogen functional groups attached to an aromatic ring is 1. The van der Waals surface area contributed by atoms with Gasteiger partial charge in [-0.25, -0.2) is 13.2 Å². The molecule has 2 heterocycles. The minimum absolute atomic E-state index is 0.0188. The Kier molecular flexibility index (Phi) is 8.40. The number of fused-ring (bicyclic) bond motifs is 1. The van der Waals surface area contributed by atoms with Crippen LogP contribution >= 0.6 is 0 Å². The third kappa shape index (κ3) is 6.55.